The molecule has 1 heterocycles. The molecule has 0 bridgehead atoms. The van der Waals surface area contributed by atoms with E-state index in [1.165, 1.54) is 0 Å². The maximum absolute atomic E-state index is 13.6. The van der Waals surface area contributed by atoms with Crippen molar-refractivity contribution in [2.24, 2.45) is 10.8 Å². The fourth-order valence-corrected chi connectivity index (χ4v) is 4.93. The average molecular weight is 366 g/mol. The molecule has 142 valence electrons. The predicted octanol–water partition coefficient (Wildman–Crippen LogP) is 4.99. The summed E-state index contributed by atoms with van der Waals surface area (Å²) in [5.41, 5.74) is -0.994. The molecule has 4 nitrogen and oxygen atoms in total. The van der Waals surface area contributed by atoms with Crippen molar-refractivity contribution in [2.45, 2.75) is 52.1 Å². The van der Waals surface area contributed by atoms with Gasteiger partial charge in [-0.2, -0.15) is 0 Å². The van der Waals surface area contributed by atoms with Crippen molar-refractivity contribution >= 4 is 22.5 Å². The molecule has 1 spiro atoms. The van der Waals surface area contributed by atoms with Gasteiger partial charge in [-0.05, 0) is 43.5 Å². The lowest BCUT2D eigenvalue weighted by Crippen LogP contribution is -2.55. The molecule has 0 radical (unpaired) electrons. The number of cyclic esters (lactones) is 1. The molecule has 2 fully saturated rings. The number of Topliss-reactive ketones (excluding diaryl/α,β-unsaturated/α-hetero) is 1. The van der Waals surface area contributed by atoms with E-state index in [-0.39, 0.29) is 11.8 Å². The molecule has 0 amide bonds. The Labute approximate surface area is 159 Å². The van der Waals surface area contributed by atoms with Crippen LogP contribution in [0, 0.1) is 10.8 Å². The standard InChI is InChI=1S/C23H26O4/c1-22(2)19(27-21(25)23(20(22)24)13-7-4-8-14-23)18-16-10-6-5-9-15(16)11-12-17(18)26-3/h5-6,9-12,19H,4,7-8,13-14H2,1-3H3. The zero-order valence-electron chi connectivity index (χ0n) is 16.2. The van der Waals surface area contributed by atoms with Gasteiger partial charge in [0.1, 0.15) is 17.3 Å². The summed E-state index contributed by atoms with van der Waals surface area (Å²) in [6.07, 6.45) is 3.42. The number of esters is 1. The summed E-state index contributed by atoms with van der Waals surface area (Å²) >= 11 is 0. The maximum Gasteiger partial charge on any atom is 0.320 e. The highest BCUT2D eigenvalue weighted by molar-refractivity contribution is 6.09. The highest BCUT2D eigenvalue weighted by Crippen LogP contribution is 2.55. The number of benzene rings is 2. The number of hydrogen-bond acceptors (Lipinski definition) is 4. The summed E-state index contributed by atoms with van der Waals surface area (Å²) in [5, 5.41) is 1.99. The summed E-state index contributed by atoms with van der Waals surface area (Å²) in [6, 6.07) is 11.8. The smallest absolute Gasteiger partial charge is 0.320 e. The molecule has 0 aromatic heterocycles. The van der Waals surface area contributed by atoms with Crippen molar-refractivity contribution in [1.82, 2.24) is 0 Å². The van der Waals surface area contributed by atoms with E-state index in [2.05, 4.69) is 0 Å². The van der Waals surface area contributed by atoms with Gasteiger partial charge in [0, 0.05) is 5.56 Å². The number of methoxy groups -OCH3 is 1. The first-order valence-corrected chi connectivity index (χ1v) is 9.73. The molecule has 27 heavy (non-hydrogen) atoms. The van der Waals surface area contributed by atoms with E-state index in [1.54, 1.807) is 7.11 Å². The number of carbonyl (C=O) groups is 2. The highest BCUT2D eigenvalue weighted by atomic mass is 16.6. The van der Waals surface area contributed by atoms with E-state index >= 15 is 0 Å². The van der Waals surface area contributed by atoms with E-state index in [0.717, 1.165) is 35.6 Å². The monoisotopic (exact) mass is 366 g/mol. The lowest BCUT2D eigenvalue weighted by molar-refractivity contribution is -0.192. The van der Waals surface area contributed by atoms with Gasteiger partial charge in [0.2, 0.25) is 0 Å². The maximum atomic E-state index is 13.6. The van der Waals surface area contributed by atoms with Gasteiger partial charge in [0.15, 0.2) is 5.78 Å². The molecule has 0 N–H and O–H groups in total. The van der Waals surface area contributed by atoms with Crippen LogP contribution in [0.25, 0.3) is 10.8 Å². The Balaban J connectivity index is 1.87. The Morgan fingerprint density at radius 2 is 1.70 bits per heavy atom. The van der Waals surface area contributed by atoms with Crippen LogP contribution in [0.4, 0.5) is 0 Å². The normalized spacial score (nSPS) is 24.0. The van der Waals surface area contributed by atoms with Crippen LogP contribution < -0.4 is 4.74 Å². The molecule has 2 aromatic rings. The Hall–Kier alpha value is -2.36. The van der Waals surface area contributed by atoms with Crippen LogP contribution in [-0.4, -0.2) is 18.9 Å². The van der Waals surface area contributed by atoms with Crippen LogP contribution in [-0.2, 0) is 14.3 Å². The number of carbonyl (C=O) groups excluding carboxylic acids is 2. The number of hydrogen-bond donors (Lipinski definition) is 0. The van der Waals surface area contributed by atoms with Crippen molar-refractivity contribution in [1.29, 1.82) is 0 Å². The van der Waals surface area contributed by atoms with Crippen LogP contribution >= 0.6 is 0 Å². The molecule has 1 aliphatic heterocycles. The van der Waals surface area contributed by atoms with Crippen LogP contribution in [0.15, 0.2) is 36.4 Å². The third-order valence-corrected chi connectivity index (χ3v) is 6.41. The SMILES string of the molecule is COc1ccc2ccccc2c1C1OC(=O)C2(CCCCC2)C(=O)C1(C)C. The van der Waals surface area contributed by atoms with E-state index in [0.29, 0.717) is 18.6 Å². The van der Waals surface area contributed by atoms with Crippen LogP contribution in [0.5, 0.6) is 5.75 Å². The van der Waals surface area contributed by atoms with Gasteiger partial charge < -0.3 is 9.47 Å². The van der Waals surface area contributed by atoms with Gasteiger partial charge in [-0.15, -0.1) is 0 Å². The second-order valence-corrected chi connectivity index (χ2v) is 8.38. The fraction of sp³-hybridized carbons (Fsp3) is 0.478. The Bertz CT molecular complexity index is 906. The van der Waals surface area contributed by atoms with Crippen molar-refractivity contribution in [3.63, 3.8) is 0 Å². The van der Waals surface area contributed by atoms with Crippen molar-refractivity contribution in [2.75, 3.05) is 7.11 Å². The first-order valence-electron chi connectivity index (χ1n) is 9.73. The van der Waals surface area contributed by atoms with E-state index in [4.69, 9.17) is 9.47 Å². The van der Waals surface area contributed by atoms with Gasteiger partial charge in [-0.1, -0.05) is 49.6 Å². The van der Waals surface area contributed by atoms with Crippen LogP contribution in [0.1, 0.15) is 57.6 Å². The molecular weight excluding hydrogens is 340 g/mol. The molecule has 2 aliphatic rings. The Morgan fingerprint density at radius 1 is 1.00 bits per heavy atom. The summed E-state index contributed by atoms with van der Waals surface area (Å²) in [5.74, 6) is 0.310. The first-order chi connectivity index (χ1) is 12.9. The molecule has 4 rings (SSSR count). The lowest BCUT2D eigenvalue weighted by atomic mass is 9.60. The Kier molecular flexibility index (Phi) is 4.25. The van der Waals surface area contributed by atoms with Gasteiger partial charge in [-0.3, -0.25) is 9.59 Å². The minimum Gasteiger partial charge on any atom is -0.496 e. The van der Waals surface area contributed by atoms with E-state index in [9.17, 15) is 9.59 Å². The van der Waals surface area contributed by atoms with Crippen LogP contribution in [0.2, 0.25) is 0 Å². The molecule has 2 aromatic carbocycles. The number of ether oxygens (including phenoxy) is 2. The minimum atomic E-state index is -0.962. The first kappa shape index (κ1) is 18.0. The second-order valence-electron chi connectivity index (χ2n) is 8.38. The number of rotatable bonds is 2. The molecule has 4 heteroatoms. The average Bonchev–Trinajstić information content (AvgIpc) is 2.70. The molecule has 1 aliphatic carbocycles. The summed E-state index contributed by atoms with van der Waals surface area (Å²) < 4.78 is 11.7. The largest absolute Gasteiger partial charge is 0.496 e. The van der Waals surface area contributed by atoms with Crippen molar-refractivity contribution < 1.29 is 19.1 Å². The highest BCUT2D eigenvalue weighted by Gasteiger charge is 2.60. The van der Waals surface area contributed by atoms with E-state index < -0.39 is 16.9 Å². The summed E-state index contributed by atoms with van der Waals surface area (Å²) in [6.45, 7) is 3.81. The molecule has 1 unspecified atom stereocenters. The van der Waals surface area contributed by atoms with Gasteiger partial charge in [0.05, 0.1) is 12.5 Å². The molecule has 1 atom stereocenters. The third-order valence-electron chi connectivity index (χ3n) is 6.41. The number of fused-ring (bicyclic) bond motifs is 1. The molecule has 1 saturated heterocycles. The zero-order chi connectivity index (χ0) is 19.2. The third kappa shape index (κ3) is 2.57. The second kappa shape index (κ2) is 6.36. The topological polar surface area (TPSA) is 52.6 Å². The van der Waals surface area contributed by atoms with Gasteiger partial charge >= 0.3 is 5.97 Å². The van der Waals surface area contributed by atoms with Crippen molar-refractivity contribution in [3.8, 4) is 5.75 Å². The predicted molar refractivity (Wildman–Crippen MR) is 104 cm³/mol. The fourth-order valence-electron chi connectivity index (χ4n) is 4.93. The summed E-state index contributed by atoms with van der Waals surface area (Å²) in [4.78, 5) is 26.7. The van der Waals surface area contributed by atoms with E-state index in [1.807, 2.05) is 50.2 Å². The quantitative estimate of drug-likeness (QED) is 0.555. The molecular formula is C23H26O4. The molecule has 1 saturated carbocycles. The minimum absolute atomic E-state index is 0.0194. The number of ketones is 1. The van der Waals surface area contributed by atoms with Crippen molar-refractivity contribution in [3.05, 3.63) is 42.0 Å². The lowest BCUT2D eigenvalue weighted by Gasteiger charge is -2.47. The zero-order valence-corrected chi connectivity index (χ0v) is 16.2. The van der Waals surface area contributed by atoms with Gasteiger partial charge in [0.25, 0.3) is 0 Å². The van der Waals surface area contributed by atoms with Gasteiger partial charge in [-0.25, -0.2) is 0 Å². The Morgan fingerprint density at radius 3 is 2.41 bits per heavy atom. The summed E-state index contributed by atoms with van der Waals surface area (Å²) in [7, 11) is 1.61. The van der Waals surface area contributed by atoms with Crippen LogP contribution in [0.3, 0.4) is 0 Å².